The van der Waals surface area contributed by atoms with E-state index in [9.17, 15) is 18.4 Å². The van der Waals surface area contributed by atoms with Crippen LogP contribution in [0.15, 0.2) is 54.9 Å². The Bertz CT molecular complexity index is 1130. The van der Waals surface area contributed by atoms with Crippen LogP contribution in [-0.2, 0) is 16.1 Å². The van der Waals surface area contributed by atoms with Crippen molar-refractivity contribution in [2.75, 3.05) is 25.6 Å². The largest absolute Gasteiger partial charge is 0.491 e. The fourth-order valence-corrected chi connectivity index (χ4v) is 3.06. The lowest BCUT2D eigenvalue weighted by Gasteiger charge is -2.25. The summed E-state index contributed by atoms with van der Waals surface area (Å²) in [5.41, 5.74) is 1.53. The second kappa shape index (κ2) is 12.0. The molecule has 1 N–H and O–H groups in total. The summed E-state index contributed by atoms with van der Waals surface area (Å²) >= 11 is 0. The van der Waals surface area contributed by atoms with E-state index in [2.05, 4.69) is 10.4 Å². The number of halogens is 2. The first kappa shape index (κ1) is 25.7. The van der Waals surface area contributed by atoms with Gasteiger partial charge in [-0.05, 0) is 38.1 Å². The highest BCUT2D eigenvalue weighted by Crippen LogP contribution is 2.21. The molecule has 0 bridgehead atoms. The number of hydrogen-bond donors (Lipinski definition) is 1. The number of aromatic nitrogens is 2. The number of rotatable bonds is 11. The van der Waals surface area contributed by atoms with Crippen LogP contribution in [-0.4, -0.2) is 52.8 Å². The minimum Gasteiger partial charge on any atom is -0.491 e. The molecule has 3 aromatic rings. The van der Waals surface area contributed by atoms with E-state index in [1.165, 1.54) is 23.1 Å². The van der Waals surface area contributed by atoms with Crippen LogP contribution in [0.4, 0.5) is 14.5 Å². The predicted octanol–water partition coefficient (Wildman–Crippen LogP) is 3.80. The summed E-state index contributed by atoms with van der Waals surface area (Å²) in [7, 11) is 1.69. The SMILES string of the molecule is Cc1ccc(OC[C@H](C)N(C)C(=O)Cn2cc(NC(=O)CCOc3c(F)cccc3F)cn2)cc1. The maximum absolute atomic E-state index is 13.6. The number of ether oxygens (including phenoxy) is 2. The van der Waals surface area contributed by atoms with Crippen LogP contribution >= 0.6 is 0 Å². The molecule has 35 heavy (non-hydrogen) atoms. The van der Waals surface area contributed by atoms with Crippen molar-refractivity contribution in [3.63, 3.8) is 0 Å². The average Bonchev–Trinajstić information content (AvgIpc) is 3.26. The summed E-state index contributed by atoms with van der Waals surface area (Å²) in [4.78, 5) is 26.3. The number of hydrogen-bond acceptors (Lipinski definition) is 5. The van der Waals surface area contributed by atoms with Crippen LogP contribution in [0.3, 0.4) is 0 Å². The highest BCUT2D eigenvalue weighted by molar-refractivity contribution is 5.90. The van der Waals surface area contributed by atoms with E-state index in [0.717, 1.165) is 23.4 Å². The van der Waals surface area contributed by atoms with Gasteiger partial charge in [0.25, 0.3) is 0 Å². The minimum absolute atomic E-state index is 0.0170. The molecule has 2 amide bonds. The molecular weight excluding hydrogens is 458 g/mol. The second-order valence-electron chi connectivity index (χ2n) is 8.10. The Morgan fingerprint density at radius 2 is 1.80 bits per heavy atom. The molecule has 8 nitrogen and oxygen atoms in total. The molecule has 0 unspecified atom stereocenters. The Morgan fingerprint density at radius 3 is 2.49 bits per heavy atom. The van der Waals surface area contributed by atoms with Gasteiger partial charge in [0.05, 0.1) is 31.0 Å². The number of anilines is 1. The zero-order valence-electron chi connectivity index (χ0n) is 19.8. The minimum atomic E-state index is -0.836. The molecule has 0 aliphatic rings. The van der Waals surface area contributed by atoms with E-state index in [1.54, 1.807) is 11.9 Å². The normalized spacial score (nSPS) is 11.6. The topological polar surface area (TPSA) is 85.7 Å². The van der Waals surface area contributed by atoms with E-state index in [-0.39, 0.29) is 31.5 Å². The molecular formula is C25H28F2N4O4. The number of para-hydroxylation sites is 1. The van der Waals surface area contributed by atoms with Crippen molar-refractivity contribution in [1.82, 2.24) is 14.7 Å². The van der Waals surface area contributed by atoms with E-state index in [1.807, 2.05) is 38.1 Å². The van der Waals surface area contributed by atoms with E-state index >= 15 is 0 Å². The molecule has 1 aromatic heterocycles. The Kier molecular flexibility index (Phi) is 8.77. The molecule has 0 saturated heterocycles. The Hall–Kier alpha value is -3.95. The average molecular weight is 487 g/mol. The van der Waals surface area contributed by atoms with Gasteiger partial charge in [-0.3, -0.25) is 14.3 Å². The molecule has 0 spiro atoms. The van der Waals surface area contributed by atoms with Crippen molar-refractivity contribution in [1.29, 1.82) is 0 Å². The Balaban J connectivity index is 1.42. The number of likely N-dealkylation sites (N-methyl/N-ethyl adjacent to an activating group) is 1. The van der Waals surface area contributed by atoms with Gasteiger partial charge in [0.2, 0.25) is 11.8 Å². The lowest BCUT2D eigenvalue weighted by atomic mass is 10.2. The molecule has 186 valence electrons. The molecule has 0 saturated carbocycles. The molecule has 0 aliphatic heterocycles. The van der Waals surface area contributed by atoms with Crippen molar-refractivity contribution >= 4 is 17.5 Å². The van der Waals surface area contributed by atoms with Crippen molar-refractivity contribution < 1.29 is 27.8 Å². The first-order valence-electron chi connectivity index (χ1n) is 11.1. The van der Waals surface area contributed by atoms with Gasteiger partial charge in [-0.1, -0.05) is 23.8 Å². The predicted molar refractivity (Wildman–Crippen MR) is 126 cm³/mol. The quantitative estimate of drug-likeness (QED) is 0.446. The molecule has 1 atom stereocenters. The standard InChI is InChI=1S/C25H28F2N4O4/c1-17-7-9-20(10-8-17)35-16-18(2)30(3)24(33)15-31-14-19(13-28-31)29-23(32)11-12-34-25-21(26)5-4-6-22(25)27/h4-10,13-14,18H,11-12,15-16H2,1-3H3,(H,29,32)/t18-/m0/s1. The highest BCUT2D eigenvalue weighted by Gasteiger charge is 2.18. The summed E-state index contributed by atoms with van der Waals surface area (Å²) in [5.74, 6) is -2.05. The van der Waals surface area contributed by atoms with Crippen molar-refractivity contribution in [3.8, 4) is 11.5 Å². The Labute approximate surface area is 202 Å². The number of aryl methyl sites for hydroxylation is 1. The summed E-state index contributed by atoms with van der Waals surface area (Å²) in [5, 5.41) is 6.71. The van der Waals surface area contributed by atoms with Crippen LogP contribution in [0.2, 0.25) is 0 Å². The first-order valence-corrected chi connectivity index (χ1v) is 11.1. The van der Waals surface area contributed by atoms with Crippen LogP contribution in [0.5, 0.6) is 11.5 Å². The molecule has 1 heterocycles. The first-order chi connectivity index (χ1) is 16.7. The summed E-state index contributed by atoms with van der Waals surface area (Å²) in [6, 6.07) is 10.9. The summed E-state index contributed by atoms with van der Waals surface area (Å²) in [6.07, 6.45) is 2.81. The lowest BCUT2D eigenvalue weighted by molar-refractivity contribution is -0.133. The van der Waals surface area contributed by atoms with Gasteiger partial charge in [0.15, 0.2) is 17.4 Å². The number of amides is 2. The number of carbonyl (C=O) groups is 2. The van der Waals surface area contributed by atoms with E-state index in [4.69, 9.17) is 9.47 Å². The van der Waals surface area contributed by atoms with E-state index in [0.29, 0.717) is 12.3 Å². The van der Waals surface area contributed by atoms with Crippen LogP contribution in [0.1, 0.15) is 18.9 Å². The smallest absolute Gasteiger partial charge is 0.244 e. The third kappa shape index (κ3) is 7.53. The van der Waals surface area contributed by atoms with Gasteiger partial charge in [-0.15, -0.1) is 0 Å². The van der Waals surface area contributed by atoms with Gasteiger partial charge >= 0.3 is 0 Å². The number of benzene rings is 2. The van der Waals surface area contributed by atoms with Gasteiger partial charge < -0.3 is 19.7 Å². The molecule has 0 fully saturated rings. The summed E-state index contributed by atoms with van der Waals surface area (Å²) in [6.45, 7) is 4.00. The van der Waals surface area contributed by atoms with Gasteiger partial charge in [-0.25, -0.2) is 8.78 Å². The molecule has 10 heteroatoms. The fraction of sp³-hybridized carbons (Fsp3) is 0.320. The van der Waals surface area contributed by atoms with Gasteiger partial charge in [0, 0.05) is 13.2 Å². The van der Waals surface area contributed by atoms with E-state index < -0.39 is 23.3 Å². The van der Waals surface area contributed by atoms with Crippen LogP contribution in [0.25, 0.3) is 0 Å². The van der Waals surface area contributed by atoms with Crippen LogP contribution < -0.4 is 14.8 Å². The third-order valence-corrected chi connectivity index (χ3v) is 5.28. The highest BCUT2D eigenvalue weighted by atomic mass is 19.1. The maximum atomic E-state index is 13.6. The van der Waals surface area contributed by atoms with Crippen molar-refractivity contribution in [2.24, 2.45) is 0 Å². The molecule has 2 aromatic carbocycles. The zero-order valence-corrected chi connectivity index (χ0v) is 19.8. The van der Waals surface area contributed by atoms with Gasteiger partial charge in [-0.2, -0.15) is 5.10 Å². The Morgan fingerprint density at radius 1 is 1.11 bits per heavy atom. The summed E-state index contributed by atoms with van der Waals surface area (Å²) < 4.78 is 39.3. The molecule has 0 radical (unpaired) electrons. The van der Waals surface area contributed by atoms with Gasteiger partial charge in [0.1, 0.15) is 18.9 Å². The van der Waals surface area contributed by atoms with Crippen molar-refractivity contribution in [3.05, 3.63) is 72.1 Å². The molecule has 3 rings (SSSR count). The zero-order chi connectivity index (χ0) is 25.4. The molecule has 0 aliphatic carbocycles. The number of nitrogens with zero attached hydrogens (tertiary/aromatic N) is 3. The lowest BCUT2D eigenvalue weighted by Crippen LogP contribution is -2.40. The second-order valence-corrected chi connectivity index (χ2v) is 8.10. The fourth-order valence-electron chi connectivity index (χ4n) is 3.06. The number of nitrogens with one attached hydrogen (secondary N) is 1. The van der Waals surface area contributed by atoms with Crippen molar-refractivity contribution in [2.45, 2.75) is 32.9 Å². The number of carbonyl (C=O) groups excluding carboxylic acids is 2. The maximum Gasteiger partial charge on any atom is 0.244 e. The van der Waals surface area contributed by atoms with Crippen LogP contribution in [0, 0.1) is 18.6 Å². The monoisotopic (exact) mass is 486 g/mol. The third-order valence-electron chi connectivity index (χ3n) is 5.28.